The lowest BCUT2D eigenvalue weighted by Crippen LogP contribution is -2.17. The SMILES string of the molecule is CCOCC(C)OCCCCC(C)N. The zero-order valence-electron chi connectivity index (χ0n) is 9.79. The summed E-state index contributed by atoms with van der Waals surface area (Å²) in [6.07, 6.45) is 3.55. The number of hydrogen-bond donors (Lipinski definition) is 1. The number of ether oxygens (including phenoxy) is 2. The van der Waals surface area contributed by atoms with Crippen molar-refractivity contribution in [1.82, 2.24) is 0 Å². The Morgan fingerprint density at radius 3 is 2.50 bits per heavy atom. The van der Waals surface area contributed by atoms with Crippen LogP contribution in [0.25, 0.3) is 0 Å². The lowest BCUT2D eigenvalue weighted by atomic mass is 10.1. The van der Waals surface area contributed by atoms with Crippen molar-refractivity contribution >= 4 is 0 Å². The van der Waals surface area contributed by atoms with Crippen LogP contribution in [0.2, 0.25) is 0 Å². The largest absolute Gasteiger partial charge is 0.379 e. The molecule has 3 nitrogen and oxygen atoms in total. The third-order valence-corrected chi connectivity index (χ3v) is 2.01. The minimum atomic E-state index is 0.213. The van der Waals surface area contributed by atoms with Crippen LogP contribution in [0.3, 0.4) is 0 Å². The number of unbranched alkanes of at least 4 members (excludes halogenated alkanes) is 1. The summed E-state index contributed by atoms with van der Waals surface area (Å²) < 4.78 is 10.8. The Morgan fingerprint density at radius 1 is 1.21 bits per heavy atom. The molecule has 0 saturated carbocycles. The van der Waals surface area contributed by atoms with Crippen molar-refractivity contribution in [1.29, 1.82) is 0 Å². The van der Waals surface area contributed by atoms with Crippen molar-refractivity contribution in [2.45, 2.75) is 52.2 Å². The molecular formula is C11H25NO2. The first-order valence-corrected chi connectivity index (χ1v) is 5.61. The fourth-order valence-corrected chi connectivity index (χ4v) is 1.18. The second-order valence-electron chi connectivity index (χ2n) is 3.81. The molecule has 0 aromatic rings. The van der Waals surface area contributed by atoms with E-state index >= 15 is 0 Å². The Labute approximate surface area is 88.0 Å². The Hall–Kier alpha value is -0.120. The van der Waals surface area contributed by atoms with Gasteiger partial charge in [0.2, 0.25) is 0 Å². The van der Waals surface area contributed by atoms with Gasteiger partial charge in [-0.2, -0.15) is 0 Å². The maximum Gasteiger partial charge on any atom is 0.0780 e. The molecule has 2 atom stereocenters. The summed E-state index contributed by atoms with van der Waals surface area (Å²) in [6, 6.07) is 0.316. The van der Waals surface area contributed by atoms with Gasteiger partial charge in [-0.1, -0.05) is 0 Å². The molecular weight excluding hydrogens is 178 g/mol. The predicted molar refractivity (Wildman–Crippen MR) is 59.4 cm³/mol. The maximum atomic E-state index is 5.64. The maximum absolute atomic E-state index is 5.64. The van der Waals surface area contributed by atoms with E-state index in [4.69, 9.17) is 15.2 Å². The molecule has 0 spiro atoms. The second-order valence-corrected chi connectivity index (χ2v) is 3.81. The van der Waals surface area contributed by atoms with E-state index in [2.05, 4.69) is 0 Å². The molecule has 0 fully saturated rings. The quantitative estimate of drug-likeness (QED) is 0.582. The third kappa shape index (κ3) is 9.96. The van der Waals surface area contributed by atoms with E-state index in [0.29, 0.717) is 12.6 Å². The smallest absolute Gasteiger partial charge is 0.0780 e. The average molecular weight is 203 g/mol. The first-order chi connectivity index (χ1) is 6.66. The van der Waals surface area contributed by atoms with E-state index in [9.17, 15) is 0 Å². The lowest BCUT2D eigenvalue weighted by Gasteiger charge is -2.12. The molecule has 0 aromatic heterocycles. The van der Waals surface area contributed by atoms with Crippen molar-refractivity contribution in [3.8, 4) is 0 Å². The van der Waals surface area contributed by atoms with Crippen LogP contribution in [-0.2, 0) is 9.47 Å². The van der Waals surface area contributed by atoms with E-state index in [-0.39, 0.29) is 6.10 Å². The molecule has 0 amide bonds. The van der Waals surface area contributed by atoms with Crippen molar-refractivity contribution < 1.29 is 9.47 Å². The van der Waals surface area contributed by atoms with Crippen molar-refractivity contribution in [2.75, 3.05) is 19.8 Å². The first kappa shape index (κ1) is 13.9. The monoisotopic (exact) mass is 203 g/mol. The molecule has 14 heavy (non-hydrogen) atoms. The van der Waals surface area contributed by atoms with Gasteiger partial charge in [0.25, 0.3) is 0 Å². The van der Waals surface area contributed by atoms with E-state index in [0.717, 1.165) is 32.5 Å². The lowest BCUT2D eigenvalue weighted by molar-refractivity contribution is -0.00461. The highest BCUT2D eigenvalue weighted by atomic mass is 16.5. The highest BCUT2D eigenvalue weighted by molar-refractivity contribution is 4.53. The zero-order chi connectivity index (χ0) is 10.8. The Balaban J connectivity index is 3.10. The minimum absolute atomic E-state index is 0.213. The summed E-state index contributed by atoms with van der Waals surface area (Å²) >= 11 is 0. The summed E-state index contributed by atoms with van der Waals surface area (Å²) in [7, 11) is 0. The standard InChI is InChI=1S/C11H25NO2/c1-4-13-9-11(3)14-8-6-5-7-10(2)12/h10-11H,4-9,12H2,1-3H3. The van der Waals surface area contributed by atoms with Gasteiger partial charge in [0.05, 0.1) is 12.7 Å². The van der Waals surface area contributed by atoms with E-state index < -0.39 is 0 Å². The summed E-state index contributed by atoms with van der Waals surface area (Å²) in [6.45, 7) is 8.36. The molecule has 0 radical (unpaired) electrons. The summed E-state index contributed by atoms with van der Waals surface area (Å²) in [5.74, 6) is 0. The van der Waals surface area contributed by atoms with Crippen molar-refractivity contribution in [2.24, 2.45) is 5.73 Å². The number of hydrogen-bond acceptors (Lipinski definition) is 3. The van der Waals surface area contributed by atoms with Crippen LogP contribution in [0.4, 0.5) is 0 Å². The van der Waals surface area contributed by atoms with Crippen LogP contribution in [0.1, 0.15) is 40.0 Å². The molecule has 0 saturated heterocycles. The molecule has 86 valence electrons. The van der Waals surface area contributed by atoms with Crippen LogP contribution in [0.15, 0.2) is 0 Å². The number of rotatable bonds is 9. The molecule has 3 heteroatoms. The zero-order valence-corrected chi connectivity index (χ0v) is 9.79. The number of nitrogens with two attached hydrogens (primary N) is 1. The van der Waals surface area contributed by atoms with Gasteiger partial charge in [-0.25, -0.2) is 0 Å². The highest BCUT2D eigenvalue weighted by Gasteiger charge is 2.01. The molecule has 0 aliphatic rings. The molecule has 0 aromatic carbocycles. The second kappa shape index (κ2) is 9.44. The van der Waals surface area contributed by atoms with Gasteiger partial charge in [-0.3, -0.25) is 0 Å². The normalized spacial score (nSPS) is 15.4. The van der Waals surface area contributed by atoms with Crippen LogP contribution >= 0.6 is 0 Å². The third-order valence-electron chi connectivity index (χ3n) is 2.01. The fraction of sp³-hybridized carbons (Fsp3) is 1.00. The molecule has 2 N–H and O–H groups in total. The summed E-state index contributed by atoms with van der Waals surface area (Å²) in [5.41, 5.74) is 5.64. The molecule has 2 unspecified atom stereocenters. The first-order valence-electron chi connectivity index (χ1n) is 5.61. The minimum Gasteiger partial charge on any atom is -0.379 e. The van der Waals surface area contributed by atoms with E-state index in [1.807, 2.05) is 20.8 Å². The van der Waals surface area contributed by atoms with Crippen molar-refractivity contribution in [3.05, 3.63) is 0 Å². The van der Waals surface area contributed by atoms with E-state index in [1.54, 1.807) is 0 Å². The Bertz CT molecular complexity index is 118. The van der Waals surface area contributed by atoms with Crippen LogP contribution in [0.5, 0.6) is 0 Å². The van der Waals surface area contributed by atoms with Crippen LogP contribution in [-0.4, -0.2) is 32.0 Å². The molecule has 0 bridgehead atoms. The summed E-state index contributed by atoms with van der Waals surface area (Å²) in [4.78, 5) is 0. The van der Waals surface area contributed by atoms with E-state index in [1.165, 1.54) is 0 Å². The van der Waals surface area contributed by atoms with Crippen molar-refractivity contribution in [3.63, 3.8) is 0 Å². The topological polar surface area (TPSA) is 44.5 Å². The Morgan fingerprint density at radius 2 is 1.93 bits per heavy atom. The predicted octanol–water partition coefficient (Wildman–Crippen LogP) is 1.95. The molecule has 0 aliphatic heterocycles. The fourth-order valence-electron chi connectivity index (χ4n) is 1.18. The van der Waals surface area contributed by atoms with Gasteiger partial charge in [0.15, 0.2) is 0 Å². The van der Waals surface area contributed by atoms with Gasteiger partial charge >= 0.3 is 0 Å². The van der Waals surface area contributed by atoms with Gasteiger partial charge in [-0.15, -0.1) is 0 Å². The molecule has 0 aliphatic carbocycles. The van der Waals surface area contributed by atoms with Gasteiger partial charge in [0, 0.05) is 19.3 Å². The van der Waals surface area contributed by atoms with Crippen LogP contribution < -0.4 is 5.73 Å². The van der Waals surface area contributed by atoms with Gasteiger partial charge < -0.3 is 15.2 Å². The van der Waals surface area contributed by atoms with Gasteiger partial charge in [0.1, 0.15) is 0 Å². The average Bonchev–Trinajstić information content (AvgIpc) is 2.13. The Kier molecular flexibility index (Phi) is 9.35. The molecule has 0 heterocycles. The summed E-state index contributed by atoms with van der Waals surface area (Å²) in [5, 5.41) is 0. The highest BCUT2D eigenvalue weighted by Crippen LogP contribution is 2.00. The van der Waals surface area contributed by atoms with Gasteiger partial charge in [-0.05, 0) is 40.0 Å². The van der Waals surface area contributed by atoms with Crippen LogP contribution in [0, 0.1) is 0 Å². The molecule has 0 rings (SSSR count).